The molecule has 1 saturated carbocycles. The van der Waals surface area contributed by atoms with Gasteiger partial charge in [0.15, 0.2) is 0 Å². The second-order valence-electron chi connectivity index (χ2n) is 4.11. The van der Waals surface area contributed by atoms with E-state index >= 15 is 0 Å². The molecule has 16 heavy (non-hydrogen) atoms. The molecule has 1 aromatic carbocycles. The van der Waals surface area contributed by atoms with E-state index in [1.807, 2.05) is 0 Å². The number of hydrogen-bond acceptors (Lipinski definition) is 2. The van der Waals surface area contributed by atoms with Gasteiger partial charge in [0.25, 0.3) is 0 Å². The van der Waals surface area contributed by atoms with Crippen molar-refractivity contribution in [2.75, 3.05) is 0 Å². The van der Waals surface area contributed by atoms with Gasteiger partial charge in [-0.05, 0) is 24.5 Å². The molecule has 0 bridgehead atoms. The molecule has 0 amide bonds. The van der Waals surface area contributed by atoms with Gasteiger partial charge in [-0.2, -0.15) is 0 Å². The molecule has 1 aliphatic carbocycles. The number of aromatic hydroxyl groups is 1. The minimum absolute atomic E-state index is 0. The van der Waals surface area contributed by atoms with Gasteiger partial charge in [0.1, 0.15) is 5.75 Å². The van der Waals surface area contributed by atoms with Crippen molar-refractivity contribution in [2.24, 2.45) is 11.7 Å². The Morgan fingerprint density at radius 2 is 2.00 bits per heavy atom. The van der Waals surface area contributed by atoms with Crippen LogP contribution in [0.2, 0.25) is 10.0 Å². The Morgan fingerprint density at radius 3 is 2.56 bits per heavy atom. The first kappa shape index (κ1) is 13.9. The third kappa shape index (κ3) is 3.17. The SMILES string of the molecule is Cl.N[C@@H](CC1CC1)c1cc(Cl)cc(Cl)c1O. The number of nitrogens with two attached hydrogens (primary N) is 1. The van der Waals surface area contributed by atoms with E-state index in [0.717, 1.165) is 6.42 Å². The van der Waals surface area contributed by atoms with Gasteiger partial charge >= 0.3 is 0 Å². The third-order valence-corrected chi connectivity index (χ3v) is 3.25. The van der Waals surface area contributed by atoms with Crippen LogP contribution >= 0.6 is 35.6 Å². The summed E-state index contributed by atoms with van der Waals surface area (Å²) in [6.45, 7) is 0. The van der Waals surface area contributed by atoms with Gasteiger partial charge in [-0.15, -0.1) is 12.4 Å². The highest BCUT2D eigenvalue weighted by atomic mass is 35.5. The van der Waals surface area contributed by atoms with Gasteiger partial charge in [0.2, 0.25) is 0 Å². The van der Waals surface area contributed by atoms with Crippen molar-refractivity contribution in [3.8, 4) is 5.75 Å². The second kappa shape index (κ2) is 5.46. The smallest absolute Gasteiger partial charge is 0.139 e. The average Bonchev–Trinajstić information content (AvgIpc) is 2.94. The fourth-order valence-electron chi connectivity index (χ4n) is 1.71. The van der Waals surface area contributed by atoms with Gasteiger partial charge in [-0.3, -0.25) is 0 Å². The van der Waals surface area contributed by atoms with Crippen LogP contribution in [-0.4, -0.2) is 5.11 Å². The van der Waals surface area contributed by atoms with Crippen LogP contribution in [-0.2, 0) is 0 Å². The molecule has 3 N–H and O–H groups in total. The molecular formula is C11H14Cl3NO. The summed E-state index contributed by atoms with van der Waals surface area (Å²) < 4.78 is 0. The second-order valence-corrected chi connectivity index (χ2v) is 4.95. The number of phenols is 1. The molecular weight excluding hydrogens is 268 g/mol. The normalized spacial score (nSPS) is 16.7. The molecule has 1 atom stereocenters. The largest absolute Gasteiger partial charge is 0.506 e. The van der Waals surface area contributed by atoms with Crippen LogP contribution in [0.5, 0.6) is 5.75 Å². The first-order valence-corrected chi connectivity index (χ1v) is 5.77. The molecule has 2 nitrogen and oxygen atoms in total. The average molecular weight is 283 g/mol. The molecule has 0 spiro atoms. The highest BCUT2D eigenvalue weighted by Gasteiger charge is 2.26. The number of halogens is 3. The van der Waals surface area contributed by atoms with E-state index in [9.17, 15) is 5.11 Å². The van der Waals surface area contributed by atoms with Crippen LogP contribution in [0.15, 0.2) is 12.1 Å². The number of hydrogen-bond donors (Lipinski definition) is 2. The van der Waals surface area contributed by atoms with Gasteiger partial charge in [-0.25, -0.2) is 0 Å². The summed E-state index contributed by atoms with van der Waals surface area (Å²) >= 11 is 11.7. The predicted molar refractivity (Wildman–Crippen MR) is 69.6 cm³/mol. The molecule has 1 aliphatic rings. The van der Waals surface area contributed by atoms with Gasteiger partial charge in [0.05, 0.1) is 5.02 Å². The van der Waals surface area contributed by atoms with Crippen molar-refractivity contribution in [3.05, 3.63) is 27.7 Å². The highest BCUT2D eigenvalue weighted by molar-refractivity contribution is 6.35. The first-order chi connectivity index (χ1) is 7.08. The summed E-state index contributed by atoms with van der Waals surface area (Å²) in [5.74, 6) is 0.770. The molecule has 0 heterocycles. The summed E-state index contributed by atoms with van der Waals surface area (Å²) in [5.41, 5.74) is 6.65. The monoisotopic (exact) mass is 281 g/mol. The lowest BCUT2D eigenvalue weighted by Gasteiger charge is -2.14. The zero-order chi connectivity index (χ0) is 11.0. The number of phenolic OH excluding ortho intramolecular Hbond substituents is 1. The molecule has 1 aromatic rings. The van der Waals surface area contributed by atoms with Crippen molar-refractivity contribution in [1.82, 2.24) is 0 Å². The van der Waals surface area contributed by atoms with Crippen LogP contribution < -0.4 is 5.73 Å². The van der Waals surface area contributed by atoms with Gasteiger partial charge < -0.3 is 10.8 Å². The summed E-state index contributed by atoms with van der Waals surface area (Å²) in [7, 11) is 0. The topological polar surface area (TPSA) is 46.2 Å². The lowest BCUT2D eigenvalue weighted by Crippen LogP contribution is -2.11. The number of rotatable bonds is 3. The Kier molecular flexibility index (Phi) is 4.74. The van der Waals surface area contributed by atoms with E-state index in [0.29, 0.717) is 16.5 Å². The first-order valence-electron chi connectivity index (χ1n) is 5.01. The minimum Gasteiger partial charge on any atom is -0.506 e. The zero-order valence-electron chi connectivity index (χ0n) is 8.62. The lowest BCUT2D eigenvalue weighted by molar-refractivity contribution is 0.456. The van der Waals surface area contributed by atoms with E-state index in [4.69, 9.17) is 28.9 Å². The van der Waals surface area contributed by atoms with Crippen molar-refractivity contribution in [3.63, 3.8) is 0 Å². The molecule has 0 unspecified atom stereocenters. The minimum atomic E-state index is -0.173. The lowest BCUT2D eigenvalue weighted by atomic mass is 10.0. The standard InChI is InChI=1S/C11H13Cl2NO.ClH/c12-7-4-8(11(15)9(13)5-7)10(14)3-6-1-2-6;/h4-6,10,15H,1-3,14H2;1H/t10-;/m0./s1. The Bertz CT molecular complexity index is 380. The van der Waals surface area contributed by atoms with Crippen LogP contribution in [0.3, 0.4) is 0 Å². The quantitative estimate of drug-likeness (QED) is 0.882. The fourth-order valence-corrected chi connectivity index (χ4v) is 2.22. The van der Waals surface area contributed by atoms with E-state index in [-0.39, 0.29) is 29.2 Å². The third-order valence-electron chi connectivity index (χ3n) is 2.74. The maximum atomic E-state index is 9.76. The molecule has 90 valence electrons. The van der Waals surface area contributed by atoms with Crippen molar-refractivity contribution < 1.29 is 5.11 Å². The van der Waals surface area contributed by atoms with Gasteiger partial charge in [-0.1, -0.05) is 36.0 Å². The Labute approximate surface area is 111 Å². The summed E-state index contributed by atoms with van der Waals surface area (Å²) in [4.78, 5) is 0. The molecule has 1 fully saturated rings. The van der Waals surface area contributed by atoms with Crippen LogP contribution in [0.4, 0.5) is 0 Å². The van der Waals surface area contributed by atoms with E-state index in [2.05, 4.69) is 0 Å². The summed E-state index contributed by atoms with van der Waals surface area (Å²) in [5, 5.41) is 10.5. The van der Waals surface area contributed by atoms with Crippen LogP contribution in [0.25, 0.3) is 0 Å². The zero-order valence-corrected chi connectivity index (χ0v) is 10.9. The fraction of sp³-hybridized carbons (Fsp3) is 0.455. The van der Waals surface area contributed by atoms with E-state index < -0.39 is 0 Å². The maximum absolute atomic E-state index is 9.76. The number of benzene rings is 1. The molecule has 0 aliphatic heterocycles. The van der Waals surface area contributed by atoms with Crippen LogP contribution in [0.1, 0.15) is 30.9 Å². The predicted octanol–water partition coefficient (Wildman–Crippen LogP) is 3.92. The Balaban J connectivity index is 0.00000128. The van der Waals surface area contributed by atoms with Crippen LogP contribution in [0, 0.1) is 5.92 Å². The maximum Gasteiger partial charge on any atom is 0.139 e. The molecule has 0 aromatic heterocycles. The van der Waals surface area contributed by atoms with Crippen molar-refractivity contribution in [2.45, 2.75) is 25.3 Å². The van der Waals surface area contributed by atoms with E-state index in [1.165, 1.54) is 18.9 Å². The summed E-state index contributed by atoms with van der Waals surface area (Å²) in [6.07, 6.45) is 3.37. The van der Waals surface area contributed by atoms with Crippen molar-refractivity contribution >= 4 is 35.6 Å². The molecule has 0 radical (unpaired) electrons. The molecule has 2 rings (SSSR count). The van der Waals surface area contributed by atoms with Gasteiger partial charge in [0, 0.05) is 16.6 Å². The Morgan fingerprint density at radius 1 is 1.38 bits per heavy atom. The highest BCUT2D eigenvalue weighted by Crippen LogP contribution is 2.41. The Hall–Kier alpha value is -0.150. The van der Waals surface area contributed by atoms with E-state index in [1.54, 1.807) is 6.07 Å². The van der Waals surface area contributed by atoms with Crippen molar-refractivity contribution in [1.29, 1.82) is 0 Å². The molecule has 5 heteroatoms. The summed E-state index contributed by atoms with van der Waals surface area (Å²) in [6, 6.07) is 3.04. The molecule has 0 saturated heterocycles.